The summed E-state index contributed by atoms with van der Waals surface area (Å²) in [4.78, 5) is 11.2. The van der Waals surface area contributed by atoms with E-state index in [0.29, 0.717) is 5.95 Å². The Hall–Kier alpha value is -7.88. The van der Waals surface area contributed by atoms with Gasteiger partial charge in [0.05, 0.1) is 22.2 Å². The van der Waals surface area contributed by atoms with E-state index in [4.69, 9.17) is 9.97 Å². The lowest BCUT2D eigenvalue weighted by molar-refractivity contribution is 0.662. The molecule has 0 radical (unpaired) electrons. The lowest BCUT2D eigenvalue weighted by atomic mass is 9.78. The highest BCUT2D eigenvalue weighted by molar-refractivity contribution is 6.26. The Labute approximate surface area is 366 Å². The number of hydrogen-bond donors (Lipinski definition) is 0. The second-order valence-corrected chi connectivity index (χ2v) is 17.6. The maximum Gasteiger partial charge on any atom is 0.235 e. The van der Waals surface area contributed by atoms with Crippen LogP contribution in [0.1, 0.15) is 42.5 Å². The molecular formula is C60H41N3. The zero-order valence-corrected chi connectivity index (χ0v) is 35.1. The van der Waals surface area contributed by atoms with Crippen LogP contribution in [0.15, 0.2) is 188 Å². The van der Waals surface area contributed by atoms with Crippen molar-refractivity contribution in [2.24, 2.45) is 0 Å². The highest BCUT2D eigenvalue weighted by Crippen LogP contribution is 2.54. The summed E-state index contributed by atoms with van der Waals surface area (Å²) in [5.74, 6) is 0.655. The van der Waals surface area contributed by atoms with Crippen LogP contribution in [0.2, 0.25) is 0 Å². The molecule has 2 aliphatic rings. The fraction of sp³-hybridized carbons (Fsp3) is 0.0667. The van der Waals surface area contributed by atoms with Crippen molar-refractivity contribution in [3.8, 4) is 50.6 Å². The number of para-hydroxylation sites is 2. The zero-order valence-electron chi connectivity index (χ0n) is 35.1. The van der Waals surface area contributed by atoms with Crippen LogP contribution in [-0.2, 0) is 5.41 Å². The molecule has 11 aromatic rings. The molecule has 3 heteroatoms. The molecule has 63 heavy (non-hydrogen) atoms. The third kappa shape index (κ3) is 5.20. The average Bonchev–Trinajstić information content (AvgIpc) is 3.66. The second kappa shape index (κ2) is 13.6. The molecular weight excluding hydrogens is 763 g/mol. The topological polar surface area (TPSA) is 30.7 Å². The standard InChI is InChI=1S/C60H41N3/c1-60(2)52-31-12-10-22-44(52)46-27-15-28-47(55(46)60)49-29-16-30-51-54-45-23-5-3-4-20-42(45)43-21-8-9-24-48(43)58(54)63(57(49)51)59-61-53-32-13-11-25-50(53)56(62-59)39-35-33-38(34-36-39)41-26-14-18-37-17-6-7-19-40(37)41/h4-36H,3H2,1-2H3. The summed E-state index contributed by atoms with van der Waals surface area (Å²) >= 11 is 0. The number of nitrogens with zero attached hydrogens (tertiary/aromatic N) is 3. The van der Waals surface area contributed by atoms with E-state index in [1.807, 2.05) is 0 Å². The van der Waals surface area contributed by atoms with Crippen LogP contribution in [0.5, 0.6) is 0 Å². The van der Waals surface area contributed by atoms with Crippen molar-refractivity contribution in [2.75, 3.05) is 0 Å². The summed E-state index contributed by atoms with van der Waals surface area (Å²) in [6.45, 7) is 4.76. The predicted molar refractivity (Wildman–Crippen MR) is 265 cm³/mol. The maximum atomic E-state index is 5.69. The molecule has 0 aliphatic heterocycles. The van der Waals surface area contributed by atoms with Gasteiger partial charge in [0.15, 0.2) is 0 Å². The summed E-state index contributed by atoms with van der Waals surface area (Å²) in [5, 5.41) is 8.31. The van der Waals surface area contributed by atoms with Gasteiger partial charge in [-0.25, -0.2) is 9.97 Å². The number of rotatable bonds is 4. The van der Waals surface area contributed by atoms with E-state index < -0.39 is 0 Å². The van der Waals surface area contributed by atoms with E-state index in [9.17, 15) is 0 Å². The molecule has 0 amide bonds. The molecule has 13 rings (SSSR count). The van der Waals surface area contributed by atoms with Gasteiger partial charge in [-0.15, -0.1) is 0 Å². The Morgan fingerprint density at radius 2 is 1.03 bits per heavy atom. The van der Waals surface area contributed by atoms with Crippen molar-refractivity contribution in [1.29, 1.82) is 0 Å². The Balaban J connectivity index is 1.14. The first kappa shape index (κ1) is 35.8. The van der Waals surface area contributed by atoms with E-state index in [-0.39, 0.29) is 5.41 Å². The Morgan fingerprint density at radius 1 is 0.444 bits per heavy atom. The van der Waals surface area contributed by atoms with Crippen molar-refractivity contribution in [2.45, 2.75) is 25.7 Å². The normalized spacial score (nSPS) is 13.8. The van der Waals surface area contributed by atoms with Crippen LogP contribution in [-0.4, -0.2) is 14.5 Å². The van der Waals surface area contributed by atoms with Crippen molar-refractivity contribution in [3.05, 3.63) is 210 Å². The molecule has 0 spiro atoms. The molecule has 0 saturated heterocycles. The van der Waals surface area contributed by atoms with E-state index in [1.165, 1.54) is 88.0 Å². The van der Waals surface area contributed by atoms with E-state index in [2.05, 4.69) is 219 Å². The van der Waals surface area contributed by atoms with Gasteiger partial charge in [-0.2, -0.15) is 0 Å². The zero-order chi connectivity index (χ0) is 41.8. The van der Waals surface area contributed by atoms with Gasteiger partial charge in [0.1, 0.15) is 0 Å². The monoisotopic (exact) mass is 803 g/mol. The van der Waals surface area contributed by atoms with Crippen LogP contribution >= 0.6 is 0 Å². The van der Waals surface area contributed by atoms with Crippen molar-refractivity contribution >= 4 is 66.4 Å². The molecule has 3 nitrogen and oxygen atoms in total. The van der Waals surface area contributed by atoms with Crippen LogP contribution in [0.25, 0.3) is 117 Å². The summed E-state index contributed by atoms with van der Waals surface area (Å²) in [5.41, 5.74) is 17.5. The molecule has 2 heterocycles. The molecule has 9 aromatic carbocycles. The highest BCUT2D eigenvalue weighted by atomic mass is 15.2. The lowest BCUT2D eigenvalue weighted by Gasteiger charge is -2.25. The van der Waals surface area contributed by atoms with Gasteiger partial charge in [-0.3, -0.25) is 4.57 Å². The van der Waals surface area contributed by atoms with E-state index >= 15 is 0 Å². The third-order valence-corrected chi connectivity index (χ3v) is 13.8. The SMILES string of the molecule is CC1(C)c2ccccc2-c2cccc(-c3cccc4c5c6c(c7ccccc7c5n(-c5nc(-c7ccc(-c8cccc9ccccc89)cc7)c7ccccc7n5)c34)C=CCC=C6)c21. The van der Waals surface area contributed by atoms with Crippen LogP contribution in [0.4, 0.5) is 0 Å². The number of fused-ring (bicyclic) bond motifs is 13. The molecule has 0 atom stereocenters. The van der Waals surface area contributed by atoms with Gasteiger partial charge in [0, 0.05) is 38.1 Å². The van der Waals surface area contributed by atoms with Gasteiger partial charge in [-0.1, -0.05) is 208 Å². The first-order valence-corrected chi connectivity index (χ1v) is 22.0. The molecule has 0 N–H and O–H groups in total. The number of allylic oxidation sites excluding steroid dienone is 2. The lowest BCUT2D eigenvalue weighted by Crippen LogP contribution is -2.16. The minimum atomic E-state index is -0.205. The van der Waals surface area contributed by atoms with Crippen molar-refractivity contribution < 1.29 is 0 Å². The minimum Gasteiger partial charge on any atom is -0.277 e. The van der Waals surface area contributed by atoms with E-state index in [0.717, 1.165) is 39.6 Å². The van der Waals surface area contributed by atoms with Gasteiger partial charge in [-0.05, 0) is 78.7 Å². The summed E-state index contributed by atoms with van der Waals surface area (Å²) in [6.07, 6.45) is 10.1. The quantitative estimate of drug-likeness (QED) is 0.177. The van der Waals surface area contributed by atoms with Gasteiger partial charge in [0.25, 0.3) is 0 Å². The van der Waals surface area contributed by atoms with Crippen LogP contribution in [0, 0.1) is 0 Å². The fourth-order valence-corrected chi connectivity index (χ4v) is 11.0. The largest absolute Gasteiger partial charge is 0.277 e. The Kier molecular flexibility index (Phi) is 7.71. The van der Waals surface area contributed by atoms with Gasteiger partial charge in [0.2, 0.25) is 5.95 Å². The van der Waals surface area contributed by atoms with Crippen LogP contribution < -0.4 is 0 Å². The molecule has 0 saturated carbocycles. The van der Waals surface area contributed by atoms with Crippen LogP contribution in [0.3, 0.4) is 0 Å². The number of benzene rings is 9. The fourth-order valence-electron chi connectivity index (χ4n) is 11.0. The predicted octanol–water partition coefficient (Wildman–Crippen LogP) is 15.8. The molecule has 0 fully saturated rings. The smallest absolute Gasteiger partial charge is 0.235 e. The summed E-state index contributed by atoms with van der Waals surface area (Å²) in [7, 11) is 0. The Bertz CT molecular complexity index is 3780. The van der Waals surface area contributed by atoms with E-state index in [1.54, 1.807) is 0 Å². The molecule has 2 aliphatic carbocycles. The molecule has 0 unspecified atom stereocenters. The highest BCUT2D eigenvalue weighted by Gasteiger charge is 2.38. The van der Waals surface area contributed by atoms with Gasteiger partial charge < -0.3 is 0 Å². The number of aromatic nitrogens is 3. The summed E-state index contributed by atoms with van der Waals surface area (Å²) < 4.78 is 2.40. The summed E-state index contributed by atoms with van der Waals surface area (Å²) in [6, 6.07) is 64.1. The first-order valence-electron chi connectivity index (χ1n) is 22.0. The first-order chi connectivity index (χ1) is 31.0. The third-order valence-electron chi connectivity index (χ3n) is 13.8. The number of hydrogen-bond acceptors (Lipinski definition) is 2. The molecule has 2 aromatic heterocycles. The maximum absolute atomic E-state index is 5.69. The Morgan fingerprint density at radius 3 is 1.89 bits per heavy atom. The van der Waals surface area contributed by atoms with Gasteiger partial charge >= 0.3 is 0 Å². The van der Waals surface area contributed by atoms with Crippen molar-refractivity contribution in [1.82, 2.24) is 14.5 Å². The average molecular weight is 804 g/mol. The molecule has 296 valence electrons. The molecule has 0 bridgehead atoms. The van der Waals surface area contributed by atoms with Crippen molar-refractivity contribution in [3.63, 3.8) is 0 Å². The second-order valence-electron chi connectivity index (χ2n) is 17.6. The minimum absolute atomic E-state index is 0.205.